The molecule has 1 amide bonds. The van der Waals surface area contributed by atoms with Gasteiger partial charge in [0.25, 0.3) is 0 Å². The molecule has 2 rings (SSSR count). The van der Waals surface area contributed by atoms with Crippen LogP contribution in [0.25, 0.3) is 0 Å². The minimum absolute atomic E-state index is 0.0400. The lowest BCUT2D eigenvalue weighted by molar-refractivity contribution is -0.117. The highest BCUT2D eigenvalue weighted by molar-refractivity contribution is 8.00. The lowest BCUT2D eigenvalue weighted by Gasteiger charge is -2.19. The van der Waals surface area contributed by atoms with Crippen LogP contribution >= 0.6 is 11.8 Å². The molecule has 80 valence electrons. The van der Waals surface area contributed by atoms with Crippen molar-refractivity contribution in [2.75, 3.05) is 18.7 Å². The molecule has 0 bridgehead atoms. The lowest BCUT2D eigenvalue weighted by atomic mass is 10.0. The minimum atomic E-state index is -0.496. The summed E-state index contributed by atoms with van der Waals surface area (Å²) in [6.07, 6.45) is 1.94. The molecule has 0 aromatic heterocycles. The number of methoxy groups -OCH3 is 1. The Kier molecular flexibility index (Phi) is 2.38. The first-order chi connectivity index (χ1) is 7.11. The molecule has 1 aromatic carbocycles. The van der Waals surface area contributed by atoms with E-state index in [2.05, 4.69) is 5.32 Å². The molecule has 4 heteroatoms. The normalized spacial score (nSPS) is 23.5. The fraction of sp³-hybridized carbons (Fsp3) is 0.364. The number of fused-ring (bicyclic) bond motifs is 1. The zero-order valence-electron chi connectivity index (χ0n) is 8.96. The van der Waals surface area contributed by atoms with Gasteiger partial charge < -0.3 is 10.1 Å². The highest BCUT2D eigenvalue weighted by atomic mass is 32.2. The average Bonchev–Trinajstić information content (AvgIpc) is 2.52. The third-order valence-corrected chi connectivity index (χ3v) is 4.05. The van der Waals surface area contributed by atoms with Gasteiger partial charge in [-0.15, -0.1) is 11.8 Å². The molecule has 1 atom stereocenters. The number of hydrogen-bond acceptors (Lipinski definition) is 3. The Morgan fingerprint density at radius 3 is 2.80 bits per heavy atom. The average molecular weight is 223 g/mol. The minimum Gasteiger partial charge on any atom is -0.497 e. The molecular weight excluding hydrogens is 210 g/mol. The number of ether oxygens (including phenoxy) is 1. The molecule has 0 saturated heterocycles. The van der Waals surface area contributed by atoms with E-state index in [0.717, 1.165) is 17.0 Å². The van der Waals surface area contributed by atoms with Gasteiger partial charge in [-0.1, -0.05) is 0 Å². The van der Waals surface area contributed by atoms with Crippen LogP contribution in [0, 0.1) is 0 Å². The van der Waals surface area contributed by atoms with Crippen LogP contribution in [0.3, 0.4) is 0 Å². The van der Waals surface area contributed by atoms with Crippen LogP contribution in [0.15, 0.2) is 18.2 Å². The predicted octanol–water partition coefficient (Wildman–Crippen LogP) is 2.23. The molecule has 1 heterocycles. The molecule has 1 aliphatic rings. The summed E-state index contributed by atoms with van der Waals surface area (Å²) in [5.74, 6) is 0.823. The number of carbonyl (C=O) groups is 1. The third-order valence-electron chi connectivity index (χ3n) is 2.83. The Labute approximate surface area is 93.2 Å². The van der Waals surface area contributed by atoms with Gasteiger partial charge in [-0.25, -0.2) is 0 Å². The number of amides is 1. The first kappa shape index (κ1) is 10.4. The second kappa shape index (κ2) is 3.45. The fourth-order valence-electron chi connectivity index (χ4n) is 1.72. The van der Waals surface area contributed by atoms with Crippen molar-refractivity contribution in [3.05, 3.63) is 23.8 Å². The zero-order chi connectivity index (χ0) is 11.1. The number of rotatable bonds is 2. The van der Waals surface area contributed by atoms with Crippen molar-refractivity contribution in [1.29, 1.82) is 0 Å². The van der Waals surface area contributed by atoms with Gasteiger partial charge in [-0.2, -0.15) is 0 Å². The van der Waals surface area contributed by atoms with E-state index < -0.39 is 4.75 Å². The van der Waals surface area contributed by atoms with Crippen LogP contribution in [0.4, 0.5) is 5.69 Å². The Morgan fingerprint density at radius 1 is 1.47 bits per heavy atom. The summed E-state index contributed by atoms with van der Waals surface area (Å²) in [7, 11) is 1.63. The maximum Gasteiger partial charge on any atom is 0.244 e. The molecule has 1 unspecified atom stereocenters. The van der Waals surface area contributed by atoms with Gasteiger partial charge in [0.15, 0.2) is 0 Å². The summed E-state index contributed by atoms with van der Waals surface area (Å²) in [5, 5.41) is 2.87. The standard InChI is InChI=1S/C11H13NO2S/c1-11(15-3)8-6-7(14-2)4-5-9(8)12-10(11)13/h4-6H,1-3H3,(H,12,13). The van der Waals surface area contributed by atoms with Crippen molar-refractivity contribution < 1.29 is 9.53 Å². The van der Waals surface area contributed by atoms with Crippen molar-refractivity contribution >= 4 is 23.4 Å². The van der Waals surface area contributed by atoms with Crippen molar-refractivity contribution in [3.8, 4) is 5.75 Å². The van der Waals surface area contributed by atoms with Crippen LogP contribution in [-0.2, 0) is 9.54 Å². The summed E-state index contributed by atoms with van der Waals surface area (Å²) < 4.78 is 4.67. The Balaban J connectivity index is 2.56. The largest absolute Gasteiger partial charge is 0.497 e. The molecule has 1 aliphatic heterocycles. The highest BCUT2D eigenvalue weighted by Crippen LogP contribution is 2.45. The SMILES string of the molecule is COc1ccc2c(c1)C(C)(SC)C(=O)N2. The molecular formula is C11H13NO2S. The number of nitrogens with one attached hydrogen (secondary N) is 1. The molecule has 0 saturated carbocycles. The second-order valence-electron chi connectivity index (χ2n) is 3.60. The van der Waals surface area contributed by atoms with Gasteiger partial charge >= 0.3 is 0 Å². The van der Waals surface area contributed by atoms with E-state index in [-0.39, 0.29) is 5.91 Å². The first-order valence-electron chi connectivity index (χ1n) is 4.67. The van der Waals surface area contributed by atoms with Crippen LogP contribution in [0.5, 0.6) is 5.75 Å². The Bertz CT molecular complexity index is 419. The number of hydrogen-bond donors (Lipinski definition) is 1. The first-order valence-corrected chi connectivity index (χ1v) is 5.89. The number of anilines is 1. The summed E-state index contributed by atoms with van der Waals surface area (Å²) in [5.41, 5.74) is 1.89. The van der Waals surface area contributed by atoms with Crippen molar-refractivity contribution in [2.45, 2.75) is 11.7 Å². The van der Waals surface area contributed by atoms with Crippen molar-refractivity contribution in [3.63, 3.8) is 0 Å². The molecule has 1 aromatic rings. The number of carbonyl (C=O) groups excluding carboxylic acids is 1. The van der Waals surface area contributed by atoms with E-state index in [1.807, 2.05) is 31.4 Å². The zero-order valence-corrected chi connectivity index (χ0v) is 9.77. The topological polar surface area (TPSA) is 38.3 Å². The summed E-state index contributed by atoms with van der Waals surface area (Å²) in [4.78, 5) is 11.8. The molecule has 3 nitrogen and oxygen atoms in total. The fourth-order valence-corrected chi connectivity index (χ4v) is 2.35. The van der Waals surface area contributed by atoms with E-state index in [1.54, 1.807) is 7.11 Å². The lowest BCUT2D eigenvalue weighted by Crippen LogP contribution is -2.26. The van der Waals surface area contributed by atoms with Crippen molar-refractivity contribution in [1.82, 2.24) is 0 Å². The highest BCUT2D eigenvalue weighted by Gasteiger charge is 2.42. The number of thioether (sulfide) groups is 1. The monoisotopic (exact) mass is 223 g/mol. The van der Waals surface area contributed by atoms with Gasteiger partial charge in [0.2, 0.25) is 5.91 Å². The molecule has 1 N–H and O–H groups in total. The quantitative estimate of drug-likeness (QED) is 0.835. The molecule has 0 radical (unpaired) electrons. The maximum absolute atomic E-state index is 11.8. The summed E-state index contributed by atoms with van der Waals surface area (Å²) >= 11 is 1.54. The molecule has 0 fully saturated rings. The van der Waals surface area contributed by atoms with E-state index >= 15 is 0 Å². The second-order valence-corrected chi connectivity index (χ2v) is 4.83. The summed E-state index contributed by atoms with van der Waals surface area (Å²) in [6.45, 7) is 1.93. The van der Waals surface area contributed by atoms with Gasteiger partial charge in [0.05, 0.1) is 7.11 Å². The van der Waals surface area contributed by atoms with Crippen LogP contribution in [-0.4, -0.2) is 19.3 Å². The van der Waals surface area contributed by atoms with Gasteiger partial charge in [-0.05, 0) is 31.4 Å². The third kappa shape index (κ3) is 1.40. The van der Waals surface area contributed by atoms with Gasteiger partial charge in [0, 0.05) is 11.3 Å². The summed E-state index contributed by atoms with van der Waals surface area (Å²) in [6, 6.07) is 5.66. The van der Waals surface area contributed by atoms with E-state index in [9.17, 15) is 4.79 Å². The van der Waals surface area contributed by atoms with Gasteiger partial charge in [0.1, 0.15) is 10.5 Å². The van der Waals surface area contributed by atoms with Crippen LogP contribution in [0.1, 0.15) is 12.5 Å². The van der Waals surface area contributed by atoms with Crippen LogP contribution < -0.4 is 10.1 Å². The van der Waals surface area contributed by atoms with E-state index in [0.29, 0.717) is 0 Å². The molecule has 0 spiro atoms. The van der Waals surface area contributed by atoms with Gasteiger partial charge in [-0.3, -0.25) is 4.79 Å². The van der Waals surface area contributed by atoms with E-state index in [1.165, 1.54) is 11.8 Å². The molecule has 15 heavy (non-hydrogen) atoms. The number of benzene rings is 1. The Hall–Kier alpha value is -1.16. The smallest absolute Gasteiger partial charge is 0.244 e. The van der Waals surface area contributed by atoms with Crippen molar-refractivity contribution in [2.24, 2.45) is 0 Å². The maximum atomic E-state index is 11.8. The Morgan fingerprint density at radius 2 is 2.20 bits per heavy atom. The predicted molar refractivity (Wildman–Crippen MR) is 62.5 cm³/mol. The van der Waals surface area contributed by atoms with Crippen LogP contribution in [0.2, 0.25) is 0 Å². The van der Waals surface area contributed by atoms with E-state index in [4.69, 9.17) is 4.74 Å². The molecule has 0 aliphatic carbocycles.